The lowest BCUT2D eigenvalue weighted by atomic mass is 10.1. The van der Waals surface area contributed by atoms with Crippen molar-refractivity contribution in [3.05, 3.63) is 60.2 Å². The highest BCUT2D eigenvalue weighted by Crippen LogP contribution is 2.35. The van der Waals surface area contributed by atoms with Gasteiger partial charge >= 0.3 is 0 Å². The summed E-state index contributed by atoms with van der Waals surface area (Å²) in [5.74, 6) is 0.113. The molecule has 2 N–H and O–H groups in total. The van der Waals surface area contributed by atoms with E-state index in [9.17, 15) is 9.59 Å². The van der Waals surface area contributed by atoms with Gasteiger partial charge in [0.1, 0.15) is 5.75 Å². The summed E-state index contributed by atoms with van der Waals surface area (Å²) in [6, 6.07) is 14.7. The van der Waals surface area contributed by atoms with E-state index in [-0.39, 0.29) is 11.8 Å². The Balaban J connectivity index is 1.71. The molecule has 24 heavy (non-hydrogen) atoms. The van der Waals surface area contributed by atoms with Gasteiger partial charge in [0.15, 0.2) is 5.60 Å². The van der Waals surface area contributed by atoms with Crippen molar-refractivity contribution >= 4 is 29.3 Å². The summed E-state index contributed by atoms with van der Waals surface area (Å²) in [7, 11) is 0. The van der Waals surface area contributed by atoms with E-state index in [0.29, 0.717) is 17.1 Å². The molecule has 0 radical (unpaired) electrons. The van der Waals surface area contributed by atoms with Gasteiger partial charge in [-0.1, -0.05) is 30.3 Å². The molecule has 5 heteroatoms. The zero-order valence-corrected chi connectivity index (χ0v) is 13.5. The van der Waals surface area contributed by atoms with Gasteiger partial charge in [-0.2, -0.15) is 0 Å². The molecule has 1 aliphatic heterocycles. The smallest absolute Gasteiger partial charge is 0.268 e. The highest BCUT2D eigenvalue weighted by Gasteiger charge is 2.35. The molecule has 122 valence electrons. The summed E-state index contributed by atoms with van der Waals surface area (Å²) < 4.78 is 5.66. The monoisotopic (exact) mass is 322 g/mol. The zero-order chi connectivity index (χ0) is 17.2. The maximum Gasteiger partial charge on any atom is 0.268 e. The maximum atomic E-state index is 12.0. The minimum absolute atomic E-state index is 0.220. The van der Waals surface area contributed by atoms with Gasteiger partial charge < -0.3 is 15.4 Å². The zero-order valence-electron chi connectivity index (χ0n) is 13.5. The Morgan fingerprint density at radius 3 is 2.67 bits per heavy atom. The van der Waals surface area contributed by atoms with E-state index < -0.39 is 5.60 Å². The van der Waals surface area contributed by atoms with E-state index in [4.69, 9.17) is 4.74 Å². The molecule has 2 aromatic rings. The molecule has 5 nitrogen and oxygen atoms in total. The third-order valence-corrected chi connectivity index (χ3v) is 3.63. The largest absolute Gasteiger partial charge is 0.476 e. The second kappa shape index (κ2) is 6.20. The highest BCUT2D eigenvalue weighted by atomic mass is 16.5. The van der Waals surface area contributed by atoms with Gasteiger partial charge in [0.2, 0.25) is 5.91 Å². The van der Waals surface area contributed by atoms with Gasteiger partial charge in [-0.25, -0.2) is 0 Å². The topological polar surface area (TPSA) is 67.4 Å². The number of benzene rings is 2. The van der Waals surface area contributed by atoms with Crippen LogP contribution >= 0.6 is 0 Å². The normalized spacial score (nSPS) is 15.3. The van der Waals surface area contributed by atoms with Crippen LogP contribution in [-0.4, -0.2) is 17.4 Å². The Labute approximate surface area is 140 Å². The number of hydrogen-bond donors (Lipinski definition) is 2. The Morgan fingerprint density at radius 1 is 1.17 bits per heavy atom. The molecule has 0 saturated carbocycles. The van der Waals surface area contributed by atoms with Gasteiger partial charge in [0.25, 0.3) is 5.91 Å². The van der Waals surface area contributed by atoms with E-state index >= 15 is 0 Å². The summed E-state index contributed by atoms with van der Waals surface area (Å²) in [6.45, 7) is 3.41. The first kappa shape index (κ1) is 15.8. The fourth-order valence-electron chi connectivity index (χ4n) is 2.31. The summed E-state index contributed by atoms with van der Waals surface area (Å²) in [5, 5.41) is 5.55. The van der Waals surface area contributed by atoms with Crippen LogP contribution in [0, 0.1) is 0 Å². The second-order valence-corrected chi connectivity index (χ2v) is 6.01. The van der Waals surface area contributed by atoms with Gasteiger partial charge in [-0.05, 0) is 43.7 Å². The molecule has 0 aromatic heterocycles. The van der Waals surface area contributed by atoms with Crippen molar-refractivity contribution < 1.29 is 14.3 Å². The SMILES string of the molecule is CC1(C)Oc2ccc(NC(=O)/C=C/c3ccccc3)cc2NC1=O. The first-order valence-corrected chi connectivity index (χ1v) is 7.63. The van der Waals surface area contributed by atoms with Crippen molar-refractivity contribution in [1.82, 2.24) is 0 Å². The van der Waals surface area contributed by atoms with Gasteiger partial charge in [-0.3, -0.25) is 9.59 Å². The molecule has 0 saturated heterocycles. The molecule has 2 aromatic carbocycles. The minimum atomic E-state index is -0.907. The summed E-state index contributed by atoms with van der Waals surface area (Å²) in [6.07, 6.45) is 3.20. The van der Waals surface area contributed by atoms with E-state index in [1.165, 1.54) is 6.08 Å². The van der Waals surface area contributed by atoms with Crippen molar-refractivity contribution in [1.29, 1.82) is 0 Å². The standard InChI is InChI=1S/C19H18N2O3/c1-19(2)18(23)21-15-12-14(9-10-16(15)24-19)20-17(22)11-8-13-6-4-3-5-7-13/h3-12H,1-2H3,(H,20,22)(H,21,23)/b11-8+. The van der Waals surface area contributed by atoms with E-state index in [1.54, 1.807) is 38.1 Å². The van der Waals surface area contributed by atoms with Gasteiger partial charge in [-0.15, -0.1) is 0 Å². The molecule has 3 rings (SSSR count). The van der Waals surface area contributed by atoms with E-state index in [2.05, 4.69) is 10.6 Å². The average Bonchev–Trinajstić information content (AvgIpc) is 2.55. The van der Waals surface area contributed by atoms with Crippen molar-refractivity contribution in [2.24, 2.45) is 0 Å². The molecule has 2 amide bonds. The highest BCUT2D eigenvalue weighted by molar-refractivity contribution is 6.04. The van der Waals surface area contributed by atoms with Crippen LogP contribution < -0.4 is 15.4 Å². The number of nitrogens with one attached hydrogen (secondary N) is 2. The van der Waals surface area contributed by atoms with Crippen LogP contribution in [0.25, 0.3) is 6.08 Å². The van der Waals surface area contributed by atoms with Crippen molar-refractivity contribution in [2.45, 2.75) is 19.4 Å². The fraction of sp³-hybridized carbons (Fsp3) is 0.158. The van der Waals surface area contributed by atoms with Gasteiger partial charge in [0.05, 0.1) is 5.69 Å². The third-order valence-electron chi connectivity index (χ3n) is 3.63. The average molecular weight is 322 g/mol. The number of carbonyl (C=O) groups excluding carboxylic acids is 2. The Kier molecular flexibility index (Phi) is 4.08. The lowest BCUT2D eigenvalue weighted by Crippen LogP contribution is -2.45. The van der Waals surface area contributed by atoms with Crippen LogP contribution in [-0.2, 0) is 9.59 Å². The number of amides is 2. The van der Waals surface area contributed by atoms with Crippen molar-refractivity contribution in [3.8, 4) is 5.75 Å². The van der Waals surface area contributed by atoms with Gasteiger partial charge in [0, 0.05) is 11.8 Å². The van der Waals surface area contributed by atoms with Crippen LogP contribution in [0.3, 0.4) is 0 Å². The van der Waals surface area contributed by atoms with Crippen LogP contribution in [0.4, 0.5) is 11.4 Å². The molecule has 0 bridgehead atoms. The Morgan fingerprint density at radius 2 is 1.92 bits per heavy atom. The quantitative estimate of drug-likeness (QED) is 0.851. The molecule has 0 spiro atoms. The number of hydrogen-bond acceptors (Lipinski definition) is 3. The third kappa shape index (κ3) is 3.46. The lowest BCUT2D eigenvalue weighted by Gasteiger charge is -2.31. The van der Waals surface area contributed by atoms with Crippen molar-refractivity contribution in [3.63, 3.8) is 0 Å². The first-order chi connectivity index (χ1) is 11.4. The molecule has 0 aliphatic carbocycles. The summed E-state index contributed by atoms with van der Waals surface area (Å²) in [4.78, 5) is 23.9. The number of anilines is 2. The van der Waals surface area contributed by atoms with Crippen LogP contribution in [0.5, 0.6) is 5.75 Å². The maximum absolute atomic E-state index is 12.0. The molecule has 1 aliphatic rings. The lowest BCUT2D eigenvalue weighted by molar-refractivity contribution is -0.129. The van der Waals surface area contributed by atoms with E-state index in [1.807, 2.05) is 30.3 Å². The van der Waals surface area contributed by atoms with Crippen LogP contribution in [0.2, 0.25) is 0 Å². The molecule has 0 unspecified atom stereocenters. The number of fused-ring (bicyclic) bond motifs is 1. The predicted octanol–water partition coefficient (Wildman–Crippen LogP) is 3.45. The van der Waals surface area contributed by atoms with Crippen molar-refractivity contribution in [2.75, 3.05) is 10.6 Å². The Hall–Kier alpha value is -3.08. The second-order valence-electron chi connectivity index (χ2n) is 6.01. The summed E-state index contributed by atoms with van der Waals surface area (Å²) >= 11 is 0. The molecule has 1 heterocycles. The summed E-state index contributed by atoms with van der Waals surface area (Å²) in [5.41, 5.74) is 1.17. The molecular formula is C19H18N2O3. The molecule has 0 atom stereocenters. The fourth-order valence-corrected chi connectivity index (χ4v) is 2.31. The van der Waals surface area contributed by atoms with E-state index in [0.717, 1.165) is 5.56 Å². The predicted molar refractivity (Wildman–Crippen MR) is 93.9 cm³/mol. The molecule has 0 fully saturated rings. The Bertz CT molecular complexity index is 811. The molecular weight excluding hydrogens is 304 g/mol. The van der Waals surface area contributed by atoms with Crippen LogP contribution in [0.15, 0.2) is 54.6 Å². The number of carbonyl (C=O) groups is 2. The number of ether oxygens (including phenoxy) is 1. The first-order valence-electron chi connectivity index (χ1n) is 7.63. The number of rotatable bonds is 3. The van der Waals surface area contributed by atoms with Crippen LogP contribution in [0.1, 0.15) is 19.4 Å². The minimum Gasteiger partial charge on any atom is -0.476 e.